The van der Waals surface area contributed by atoms with Crippen molar-refractivity contribution in [2.24, 2.45) is 5.73 Å². The van der Waals surface area contributed by atoms with Crippen molar-refractivity contribution in [2.45, 2.75) is 25.4 Å². The van der Waals surface area contributed by atoms with E-state index in [9.17, 15) is 4.39 Å². The zero-order valence-electron chi connectivity index (χ0n) is 10.0. The first kappa shape index (κ1) is 12.1. The van der Waals surface area contributed by atoms with Gasteiger partial charge in [0.2, 0.25) is 0 Å². The fourth-order valence-electron chi connectivity index (χ4n) is 1.86. The normalized spacial score (nSPS) is 14.6. The number of rotatable bonds is 3. The summed E-state index contributed by atoms with van der Waals surface area (Å²) in [6.45, 7) is 1.12. The summed E-state index contributed by atoms with van der Waals surface area (Å²) >= 11 is 0. The summed E-state index contributed by atoms with van der Waals surface area (Å²) in [6.07, 6.45) is 2.53. The largest absolute Gasteiger partial charge is 0.320 e. The van der Waals surface area contributed by atoms with Gasteiger partial charge >= 0.3 is 0 Å². The van der Waals surface area contributed by atoms with E-state index in [4.69, 9.17) is 5.73 Å². The average Bonchev–Trinajstić information content (AvgIpc) is 3.13. The second kappa shape index (κ2) is 5.31. The van der Waals surface area contributed by atoms with Crippen LogP contribution >= 0.6 is 0 Å². The molecule has 0 aliphatic heterocycles. The average molecular weight is 232 g/mol. The van der Waals surface area contributed by atoms with Crippen LogP contribution in [0.15, 0.2) is 18.2 Å². The lowest BCUT2D eigenvalue weighted by Crippen LogP contribution is -2.20. The highest BCUT2D eigenvalue weighted by Gasteiger charge is 2.26. The van der Waals surface area contributed by atoms with Gasteiger partial charge in [0, 0.05) is 18.2 Å². The molecule has 0 amide bonds. The molecule has 1 aliphatic carbocycles. The molecule has 17 heavy (non-hydrogen) atoms. The van der Waals surface area contributed by atoms with Crippen molar-refractivity contribution < 1.29 is 4.39 Å². The van der Waals surface area contributed by atoms with Gasteiger partial charge in [0.05, 0.1) is 6.54 Å². The Balaban J connectivity index is 2.18. The molecule has 0 atom stereocenters. The van der Waals surface area contributed by atoms with Crippen LogP contribution in [0.4, 0.5) is 4.39 Å². The maximum Gasteiger partial charge on any atom is 0.124 e. The van der Waals surface area contributed by atoms with Gasteiger partial charge in [-0.3, -0.25) is 4.90 Å². The minimum absolute atomic E-state index is 0.246. The van der Waals surface area contributed by atoms with Gasteiger partial charge in [-0.1, -0.05) is 17.9 Å². The molecular weight excluding hydrogens is 215 g/mol. The molecule has 0 spiro atoms. The van der Waals surface area contributed by atoms with Crippen molar-refractivity contribution in [1.82, 2.24) is 4.90 Å². The molecule has 0 unspecified atom stereocenters. The third-order valence-electron chi connectivity index (χ3n) is 2.99. The number of nitrogens with zero attached hydrogens (tertiary/aromatic N) is 1. The standard InChI is InChI=1S/C14H17FN2/c1-17(14-6-7-14)10-12-4-5-13(15)9-11(12)3-2-8-16/h4-5,9,14H,6-8,10,16H2,1H3. The van der Waals surface area contributed by atoms with Gasteiger partial charge < -0.3 is 5.73 Å². The van der Waals surface area contributed by atoms with Crippen molar-refractivity contribution in [3.8, 4) is 11.8 Å². The molecular formula is C14H17FN2. The molecule has 1 aromatic carbocycles. The van der Waals surface area contributed by atoms with E-state index < -0.39 is 0 Å². The number of hydrogen-bond acceptors (Lipinski definition) is 2. The molecule has 1 aliphatic rings. The van der Waals surface area contributed by atoms with Crippen molar-refractivity contribution in [1.29, 1.82) is 0 Å². The van der Waals surface area contributed by atoms with Gasteiger partial charge in [-0.25, -0.2) is 4.39 Å². The summed E-state index contributed by atoms with van der Waals surface area (Å²) in [5.74, 6) is 5.47. The molecule has 90 valence electrons. The third-order valence-corrected chi connectivity index (χ3v) is 2.99. The Hall–Kier alpha value is -1.37. The van der Waals surface area contributed by atoms with E-state index in [0.29, 0.717) is 12.6 Å². The van der Waals surface area contributed by atoms with Crippen molar-refractivity contribution in [3.05, 3.63) is 35.1 Å². The zero-order valence-corrected chi connectivity index (χ0v) is 10.0. The Kier molecular flexibility index (Phi) is 3.78. The molecule has 0 saturated heterocycles. The van der Waals surface area contributed by atoms with Gasteiger partial charge in [0.1, 0.15) is 5.82 Å². The lowest BCUT2D eigenvalue weighted by atomic mass is 10.1. The minimum Gasteiger partial charge on any atom is -0.320 e. The second-order valence-corrected chi connectivity index (χ2v) is 4.45. The molecule has 2 N–H and O–H groups in total. The molecule has 2 rings (SSSR count). The SMILES string of the molecule is CN(Cc1ccc(F)cc1C#CCN)C1CC1. The fraction of sp³-hybridized carbons (Fsp3) is 0.429. The van der Waals surface area contributed by atoms with E-state index in [-0.39, 0.29) is 5.82 Å². The predicted molar refractivity (Wildman–Crippen MR) is 66.8 cm³/mol. The van der Waals surface area contributed by atoms with Crippen LogP contribution in [0.2, 0.25) is 0 Å². The van der Waals surface area contributed by atoms with E-state index in [2.05, 4.69) is 23.8 Å². The summed E-state index contributed by atoms with van der Waals surface area (Å²) in [5, 5.41) is 0. The molecule has 2 nitrogen and oxygen atoms in total. The highest BCUT2D eigenvalue weighted by molar-refractivity contribution is 5.42. The van der Waals surface area contributed by atoms with E-state index in [1.165, 1.54) is 25.0 Å². The first-order chi connectivity index (χ1) is 8.20. The number of hydrogen-bond donors (Lipinski definition) is 1. The highest BCUT2D eigenvalue weighted by atomic mass is 19.1. The minimum atomic E-state index is -0.246. The molecule has 0 radical (unpaired) electrons. The van der Waals surface area contributed by atoms with Crippen molar-refractivity contribution in [3.63, 3.8) is 0 Å². The fourth-order valence-corrected chi connectivity index (χ4v) is 1.86. The molecule has 1 aromatic rings. The van der Waals surface area contributed by atoms with Crippen molar-refractivity contribution >= 4 is 0 Å². The molecule has 1 fully saturated rings. The lowest BCUT2D eigenvalue weighted by Gasteiger charge is -2.16. The van der Waals surface area contributed by atoms with Crippen LogP contribution in [0.3, 0.4) is 0 Å². The first-order valence-corrected chi connectivity index (χ1v) is 5.88. The molecule has 0 heterocycles. The Morgan fingerprint density at radius 3 is 2.88 bits per heavy atom. The summed E-state index contributed by atoms with van der Waals surface area (Å²) in [5.41, 5.74) is 7.17. The summed E-state index contributed by atoms with van der Waals surface area (Å²) in [6, 6.07) is 5.48. The topological polar surface area (TPSA) is 29.3 Å². The van der Waals surface area contributed by atoms with Gasteiger partial charge in [-0.05, 0) is 37.6 Å². The Labute approximate surface area is 102 Å². The molecule has 0 aromatic heterocycles. The van der Waals surface area contributed by atoms with E-state index in [0.717, 1.165) is 17.7 Å². The van der Waals surface area contributed by atoms with Crippen LogP contribution < -0.4 is 5.73 Å². The molecule has 3 heteroatoms. The summed E-state index contributed by atoms with van der Waals surface area (Å²) < 4.78 is 13.2. The lowest BCUT2D eigenvalue weighted by molar-refractivity contribution is 0.316. The first-order valence-electron chi connectivity index (χ1n) is 5.88. The van der Waals surface area contributed by atoms with Crippen LogP contribution in [0, 0.1) is 17.7 Å². The van der Waals surface area contributed by atoms with Gasteiger partial charge in [0.25, 0.3) is 0 Å². The van der Waals surface area contributed by atoms with E-state index in [1.807, 2.05) is 6.07 Å². The van der Waals surface area contributed by atoms with Gasteiger partial charge in [-0.2, -0.15) is 0 Å². The van der Waals surface area contributed by atoms with E-state index >= 15 is 0 Å². The maximum atomic E-state index is 13.2. The zero-order chi connectivity index (χ0) is 12.3. The Morgan fingerprint density at radius 2 is 2.24 bits per heavy atom. The number of nitrogens with two attached hydrogens (primary N) is 1. The monoisotopic (exact) mass is 232 g/mol. The predicted octanol–water partition coefficient (Wildman–Crippen LogP) is 1.73. The van der Waals surface area contributed by atoms with Crippen LogP contribution in [-0.4, -0.2) is 24.5 Å². The number of benzene rings is 1. The van der Waals surface area contributed by atoms with Crippen LogP contribution in [0.5, 0.6) is 0 Å². The van der Waals surface area contributed by atoms with Gasteiger partial charge in [0.15, 0.2) is 0 Å². The summed E-state index contributed by atoms with van der Waals surface area (Å²) in [4.78, 5) is 2.29. The maximum absolute atomic E-state index is 13.2. The van der Waals surface area contributed by atoms with Crippen molar-refractivity contribution in [2.75, 3.05) is 13.6 Å². The Morgan fingerprint density at radius 1 is 1.47 bits per heavy atom. The highest BCUT2D eigenvalue weighted by Crippen LogP contribution is 2.27. The second-order valence-electron chi connectivity index (χ2n) is 4.45. The quantitative estimate of drug-likeness (QED) is 0.804. The smallest absolute Gasteiger partial charge is 0.124 e. The van der Waals surface area contributed by atoms with Gasteiger partial charge in [-0.15, -0.1) is 0 Å². The molecule has 0 bridgehead atoms. The molecule has 1 saturated carbocycles. The Bertz CT molecular complexity index is 455. The van der Waals surface area contributed by atoms with Crippen LogP contribution in [-0.2, 0) is 6.54 Å². The third kappa shape index (κ3) is 3.29. The van der Waals surface area contributed by atoms with Crippen LogP contribution in [0.1, 0.15) is 24.0 Å². The van der Waals surface area contributed by atoms with E-state index in [1.54, 1.807) is 0 Å². The summed E-state index contributed by atoms with van der Waals surface area (Å²) in [7, 11) is 2.10. The van der Waals surface area contributed by atoms with Crippen LogP contribution in [0.25, 0.3) is 0 Å². The number of halogens is 1.